The fraction of sp³-hybridized carbons (Fsp3) is 0.375. The zero-order valence-electron chi connectivity index (χ0n) is 17.9. The van der Waals surface area contributed by atoms with Gasteiger partial charge >= 0.3 is 0 Å². The highest BCUT2D eigenvalue weighted by atomic mass is 32.2. The fourth-order valence-electron chi connectivity index (χ4n) is 3.83. The summed E-state index contributed by atoms with van der Waals surface area (Å²) in [6.07, 6.45) is 0. The Morgan fingerprint density at radius 2 is 1.61 bits per heavy atom. The number of hydrogen-bond donors (Lipinski definition) is 0. The third-order valence-electron chi connectivity index (χ3n) is 5.74. The summed E-state index contributed by atoms with van der Waals surface area (Å²) in [7, 11) is 0. The summed E-state index contributed by atoms with van der Waals surface area (Å²) < 4.78 is 1.18. The molecule has 7 heteroatoms. The maximum Gasteiger partial charge on any atom is 0.232 e. The molecule has 1 aliphatic heterocycles. The summed E-state index contributed by atoms with van der Waals surface area (Å²) in [4.78, 5) is 34.2. The van der Waals surface area contributed by atoms with E-state index in [0.29, 0.717) is 31.9 Å². The molecule has 0 unspecified atom stereocenters. The molecule has 5 nitrogen and oxygen atoms in total. The lowest BCUT2D eigenvalue weighted by atomic mass is 9.83. The molecule has 3 aromatic rings. The van der Waals surface area contributed by atoms with Gasteiger partial charge in [0, 0.05) is 31.9 Å². The van der Waals surface area contributed by atoms with E-state index in [1.165, 1.54) is 4.70 Å². The summed E-state index contributed by atoms with van der Waals surface area (Å²) in [5.41, 5.74) is 1.47. The van der Waals surface area contributed by atoms with Gasteiger partial charge in [-0.05, 0) is 31.5 Å². The Labute approximate surface area is 191 Å². The Morgan fingerprint density at radius 1 is 0.968 bits per heavy atom. The van der Waals surface area contributed by atoms with Crippen LogP contribution in [0.5, 0.6) is 0 Å². The summed E-state index contributed by atoms with van der Waals surface area (Å²) in [5.74, 6) is 1.45. The number of carbonyl (C=O) groups excluding carboxylic acids is 2. The number of carbonyl (C=O) groups is 2. The Hall–Kier alpha value is -2.38. The van der Waals surface area contributed by atoms with Gasteiger partial charge in [0.2, 0.25) is 11.8 Å². The molecule has 0 radical (unpaired) electrons. The molecule has 1 fully saturated rings. The number of amides is 2. The van der Waals surface area contributed by atoms with Crippen LogP contribution in [0, 0.1) is 0 Å². The molecule has 4 rings (SSSR count). The number of piperazine rings is 1. The molecular formula is C24H27N3O2S2. The van der Waals surface area contributed by atoms with Crippen LogP contribution in [-0.4, -0.2) is 58.5 Å². The van der Waals surface area contributed by atoms with Crippen LogP contribution in [0.1, 0.15) is 24.4 Å². The molecule has 0 atom stereocenters. The highest BCUT2D eigenvalue weighted by molar-refractivity contribution is 7.99. The van der Waals surface area contributed by atoms with Gasteiger partial charge in [-0.25, -0.2) is 4.98 Å². The Balaban J connectivity index is 1.25. The third kappa shape index (κ3) is 4.93. The van der Waals surface area contributed by atoms with Crippen LogP contribution < -0.4 is 0 Å². The smallest absolute Gasteiger partial charge is 0.232 e. The second kappa shape index (κ2) is 9.40. The number of thiazole rings is 1. The molecule has 2 amide bonds. The number of benzene rings is 2. The predicted molar refractivity (Wildman–Crippen MR) is 128 cm³/mol. The SMILES string of the molecule is CC(C)(C(=O)N1CCN(C(=O)CSCc2nc3ccccc3s2)CC1)c1ccccc1. The first-order valence-corrected chi connectivity index (χ1v) is 12.5. The lowest BCUT2D eigenvalue weighted by molar-refractivity contribution is -0.141. The van der Waals surface area contributed by atoms with Crippen LogP contribution in [0.4, 0.5) is 0 Å². The standard InChI is InChI=1S/C24H27N3O2S2/c1-24(2,18-8-4-3-5-9-18)23(29)27-14-12-26(13-15-27)22(28)17-30-16-21-25-19-10-6-7-11-20(19)31-21/h3-11H,12-17H2,1-2H3. The lowest BCUT2D eigenvalue weighted by Gasteiger charge is -2.38. The van der Waals surface area contributed by atoms with Crippen molar-refractivity contribution in [3.8, 4) is 0 Å². The highest BCUT2D eigenvalue weighted by Gasteiger charge is 2.35. The molecule has 162 valence electrons. The maximum absolute atomic E-state index is 13.1. The van der Waals surface area contributed by atoms with E-state index in [9.17, 15) is 9.59 Å². The van der Waals surface area contributed by atoms with E-state index in [4.69, 9.17) is 0 Å². The van der Waals surface area contributed by atoms with Crippen molar-refractivity contribution in [1.82, 2.24) is 14.8 Å². The first-order chi connectivity index (χ1) is 14.9. The Bertz CT molecular complexity index is 1020. The monoisotopic (exact) mass is 453 g/mol. The van der Waals surface area contributed by atoms with E-state index in [0.717, 1.165) is 21.8 Å². The lowest BCUT2D eigenvalue weighted by Crippen LogP contribution is -2.54. The van der Waals surface area contributed by atoms with Crippen LogP contribution in [0.25, 0.3) is 10.2 Å². The van der Waals surface area contributed by atoms with Crippen molar-refractivity contribution >= 4 is 45.1 Å². The molecule has 0 bridgehead atoms. The molecular weight excluding hydrogens is 426 g/mol. The van der Waals surface area contributed by atoms with Crippen LogP contribution in [-0.2, 0) is 20.8 Å². The molecule has 2 heterocycles. The number of rotatable bonds is 6. The zero-order valence-corrected chi connectivity index (χ0v) is 19.5. The van der Waals surface area contributed by atoms with Gasteiger partial charge in [0.15, 0.2) is 0 Å². The number of thioether (sulfide) groups is 1. The molecule has 1 saturated heterocycles. The van der Waals surface area contributed by atoms with Crippen molar-refractivity contribution in [2.24, 2.45) is 0 Å². The second-order valence-electron chi connectivity index (χ2n) is 8.23. The average Bonchev–Trinajstić information content (AvgIpc) is 3.22. The van der Waals surface area contributed by atoms with Crippen molar-refractivity contribution in [2.45, 2.75) is 25.0 Å². The van der Waals surface area contributed by atoms with Crippen molar-refractivity contribution < 1.29 is 9.59 Å². The van der Waals surface area contributed by atoms with E-state index >= 15 is 0 Å². The molecule has 0 aliphatic carbocycles. The minimum atomic E-state index is -0.569. The molecule has 1 aliphatic rings. The predicted octanol–water partition coefficient (Wildman–Crippen LogP) is 4.18. The summed E-state index contributed by atoms with van der Waals surface area (Å²) in [6, 6.07) is 18.0. The normalized spacial score (nSPS) is 14.8. The van der Waals surface area contributed by atoms with Gasteiger partial charge in [0.25, 0.3) is 0 Å². The van der Waals surface area contributed by atoms with Crippen LogP contribution in [0.3, 0.4) is 0 Å². The first kappa shape index (κ1) is 21.8. The fourth-order valence-corrected chi connectivity index (χ4v) is 5.78. The minimum absolute atomic E-state index is 0.121. The first-order valence-electron chi connectivity index (χ1n) is 10.5. The number of para-hydroxylation sites is 1. The highest BCUT2D eigenvalue weighted by Crippen LogP contribution is 2.27. The molecule has 2 aromatic carbocycles. The molecule has 0 saturated carbocycles. The van der Waals surface area contributed by atoms with E-state index in [2.05, 4.69) is 11.1 Å². The summed E-state index contributed by atoms with van der Waals surface area (Å²) >= 11 is 3.30. The maximum atomic E-state index is 13.1. The molecule has 31 heavy (non-hydrogen) atoms. The summed E-state index contributed by atoms with van der Waals surface area (Å²) in [6.45, 7) is 6.31. The van der Waals surface area contributed by atoms with E-state index in [1.54, 1.807) is 23.1 Å². The number of nitrogens with zero attached hydrogens (tertiary/aromatic N) is 3. The number of aromatic nitrogens is 1. The van der Waals surface area contributed by atoms with Gasteiger partial charge in [-0.3, -0.25) is 9.59 Å². The third-order valence-corrected chi connectivity index (χ3v) is 7.89. The van der Waals surface area contributed by atoms with Gasteiger partial charge in [-0.15, -0.1) is 23.1 Å². The molecule has 1 aromatic heterocycles. The van der Waals surface area contributed by atoms with Crippen molar-refractivity contribution in [3.63, 3.8) is 0 Å². The molecule has 0 N–H and O–H groups in total. The van der Waals surface area contributed by atoms with Crippen LogP contribution in [0.2, 0.25) is 0 Å². The number of hydrogen-bond acceptors (Lipinski definition) is 5. The van der Waals surface area contributed by atoms with Crippen LogP contribution >= 0.6 is 23.1 Å². The van der Waals surface area contributed by atoms with Crippen molar-refractivity contribution in [2.75, 3.05) is 31.9 Å². The Kier molecular flexibility index (Phi) is 6.62. The van der Waals surface area contributed by atoms with E-state index in [-0.39, 0.29) is 11.8 Å². The van der Waals surface area contributed by atoms with Gasteiger partial charge in [0.1, 0.15) is 5.01 Å². The zero-order chi connectivity index (χ0) is 21.8. The Morgan fingerprint density at radius 3 is 2.32 bits per heavy atom. The minimum Gasteiger partial charge on any atom is -0.338 e. The van der Waals surface area contributed by atoms with Gasteiger partial charge in [-0.1, -0.05) is 42.5 Å². The number of fused-ring (bicyclic) bond motifs is 1. The largest absolute Gasteiger partial charge is 0.338 e. The summed E-state index contributed by atoms with van der Waals surface area (Å²) in [5, 5.41) is 1.05. The van der Waals surface area contributed by atoms with Crippen molar-refractivity contribution in [3.05, 3.63) is 65.2 Å². The van der Waals surface area contributed by atoms with Gasteiger partial charge < -0.3 is 9.80 Å². The quantitative estimate of drug-likeness (QED) is 0.562. The molecule has 0 spiro atoms. The average molecular weight is 454 g/mol. The van der Waals surface area contributed by atoms with Crippen molar-refractivity contribution in [1.29, 1.82) is 0 Å². The van der Waals surface area contributed by atoms with Gasteiger partial charge in [0.05, 0.1) is 21.4 Å². The van der Waals surface area contributed by atoms with E-state index < -0.39 is 5.41 Å². The van der Waals surface area contributed by atoms with E-state index in [1.807, 2.05) is 72.2 Å². The van der Waals surface area contributed by atoms with Gasteiger partial charge in [-0.2, -0.15) is 0 Å². The topological polar surface area (TPSA) is 53.5 Å². The van der Waals surface area contributed by atoms with Crippen LogP contribution in [0.15, 0.2) is 54.6 Å². The second-order valence-corrected chi connectivity index (χ2v) is 10.3.